The van der Waals surface area contributed by atoms with Crippen LogP contribution in [0.3, 0.4) is 0 Å². The highest BCUT2D eigenvalue weighted by molar-refractivity contribution is 5.71. The summed E-state index contributed by atoms with van der Waals surface area (Å²) in [6.45, 7) is 6.61. The summed E-state index contributed by atoms with van der Waals surface area (Å²) < 4.78 is 16.8. The molecule has 0 aromatic carbocycles. The third-order valence-electron chi connectivity index (χ3n) is 11.5. The Morgan fingerprint density at radius 2 is 0.627 bits per heavy atom. The molecule has 6 heteroatoms. The predicted octanol–water partition coefficient (Wildman–Crippen LogP) is 16.8. The third-order valence-corrected chi connectivity index (χ3v) is 11.5. The minimum absolute atomic E-state index is 0.0708. The molecule has 59 heavy (non-hydrogen) atoms. The maximum Gasteiger partial charge on any atom is 0.306 e. The van der Waals surface area contributed by atoms with E-state index in [1.807, 2.05) is 0 Å². The number of unbranched alkanes of at least 4 members (excludes halogenated alkanes) is 32. The van der Waals surface area contributed by atoms with Crippen LogP contribution >= 0.6 is 0 Å². The first kappa shape index (κ1) is 56.9. The van der Waals surface area contributed by atoms with Crippen LogP contribution in [0.2, 0.25) is 0 Å². The lowest BCUT2D eigenvalue weighted by atomic mass is 10.0. The van der Waals surface area contributed by atoms with Crippen molar-refractivity contribution in [3.63, 3.8) is 0 Å². The van der Waals surface area contributed by atoms with Crippen molar-refractivity contribution >= 4 is 17.9 Å². The minimum atomic E-state index is -0.770. The number of hydrogen-bond acceptors (Lipinski definition) is 6. The molecule has 0 aliphatic rings. The van der Waals surface area contributed by atoms with E-state index in [0.717, 1.165) is 77.0 Å². The van der Waals surface area contributed by atoms with Crippen LogP contribution in [0.5, 0.6) is 0 Å². The Balaban J connectivity index is 4.36. The van der Waals surface area contributed by atoms with Crippen molar-refractivity contribution in [2.24, 2.45) is 0 Å². The molecule has 0 N–H and O–H groups in total. The van der Waals surface area contributed by atoms with Crippen molar-refractivity contribution in [3.8, 4) is 0 Å². The average Bonchev–Trinajstić information content (AvgIpc) is 3.23. The SMILES string of the molecule is CCCC/C=C\C/C=C\CCCCCCCC(=O)OC[C@@H](COC(=O)CCCCCCCCCCCCCCC)OC(=O)CCCCCCCCCCCCCCCC. The number of rotatable bonds is 47. The van der Waals surface area contributed by atoms with E-state index in [1.165, 1.54) is 161 Å². The molecule has 346 valence electrons. The first-order valence-electron chi connectivity index (χ1n) is 25.8. The van der Waals surface area contributed by atoms with Crippen molar-refractivity contribution in [3.05, 3.63) is 24.3 Å². The van der Waals surface area contributed by atoms with Gasteiger partial charge in [-0.3, -0.25) is 14.4 Å². The Bertz CT molecular complexity index is 958. The van der Waals surface area contributed by atoms with E-state index < -0.39 is 6.10 Å². The second kappa shape index (κ2) is 48.6. The quantitative estimate of drug-likeness (QED) is 0.0263. The van der Waals surface area contributed by atoms with E-state index in [9.17, 15) is 14.4 Å². The van der Waals surface area contributed by atoms with Crippen LogP contribution in [0.1, 0.15) is 278 Å². The molecule has 0 saturated carbocycles. The highest BCUT2D eigenvalue weighted by atomic mass is 16.6. The molecule has 0 amide bonds. The number of ether oxygens (including phenoxy) is 3. The Morgan fingerprint density at radius 3 is 0.983 bits per heavy atom. The molecule has 0 spiro atoms. The van der Waals surface area contributed by atoms with Crippen molar-refractivity contribution < 1.29 is 28.6 Å². The number of allylic oxidation sites excluding steroid dienone is 4. The summed E-state index contributed by atoms with van der Waals surface area (Å²) in [7, 11) is 0. The fourth-order valence-electron chi connectivity index (χ4n) is 7.52. The van der Waals surface area contributed by atoms with E-state index in [4.69, 9.17) is 14.2 Å². The summed E-state index contributed by atoms with van der Waals surface area (Å²) in [6.07, 6.45) is 54.4. The molecule has 0 unspecified atom stereocenters. The number of hydrogen-bond donors (Lipinski definition) is 0. The minimum Gasteiger partial charge on any atom is -0.462 e. The molecule has 0 saturated heterocycles. The fraction of sp³-hybridized carbons (Fsp3) is 0.868. The zero-order valence-corrected chi connectivity index (χ0v) is 39.5. The van der Waals surface area contributed by atoms with Crippen molar-refractivity contribution in [2.45, 2.75) is 284 Å². The van der Waals surface area contributed by atoms with Crippen LogP contribution in [0.25, 0.3) is 0 Å². The lowest BCUT2D eigenvalue weighted by Crippen LogP contribution is -2.30. The predicted molar refractivity (Wildman–Crippen MR) is 252 cm³/mol. The van der Waals surface area contributed by atoms with Crippen molar-refractivity contribution in [1.29, 1.82) is 0 Å². The van der Waals surface area contributed by atoms with E-state index in [0.29, 0.717) is 19.3 Å². The molecule has 0 fully saturated rings. The molecule has 0 aliphatic carbocycles. The molecular formula is C53H98O6. The van der Waals surface area contributed by atoms with Gasteiger partial charge in [0.1, 0.15) is 13.2 Å². The van der Waals surface area contributed by atoms with Crippen LogP contribution in [-0.4, -0.2) is 37.2 Å². The molecule has 0 aromatic rings. The lowest BCUT2D eigenvalue weighted by molar-refractivity contribution is -0.167. The van der Waals surface area contributed by atoms with Gasteiger partial charge in [0.25, 0.3) is 0 Å². The van der Waals surface area contributed by atoms with Gasteiger partial charge in [-0.05, 0) is 44.9 Å². The summed E-state index contributed by atoms with van der Waals surface area (Å²) in [5, 5.41) is 0. The monoisotopic (exact) mass is 831 g/mol. The fourth-order valence-corrected chi connectivity index (χ4v) is 7.52. The van der Waals surface area contributed by atoms with Gasteiger partial charge < -0.3 is 14.2 Å². The Kier molecular flexibility index (Phi) is 46.8. The Hall–Kier alpha value is -2.11. The van der Waals surface area contributed by atoms with Gasteiger partial charge in [-0.2, -0.15) is 0 Å². The summed E-state index contributed by atoms with van der Waals surface area (Å²) in [5.41, 5.74) is 0. The van der Waals surface area contributed by atoms with Gasteiger partial charge in [-0.1, -0.05) is 238 Å². The zero-order valence-electron chi connectivity index (χ0n) is 39.5. The standard InChI is InChI=1S/C53H98O6/c1-4-7-10-13-16-19-22-25-28-31-34-37-40-43-46-52(55)58-49-50(48-57-51(54)45-42-39-36-33-30-27-24-21-18-15-12-9-6-3)59-53(56)47-44-41-38-35-32-29-26-23-20-17-14-11-8-5-2/h13,16,22,25,50H,4-12,14-15,17-21,23-24,26-49H2,1-3H3/b16-13-,25-22-/t50-/m1/s1. The van der Waals surface area contributed by atoms with Crippen molar-refractivity contribution in [1.82, 2.24) is 0 Å². The maximum atomic E-state index is 12.8. The van der Waals surface area contributed by atoms with Crippen LogP contribution < -0.4 is 0 Å². The molecule has 0 radical (unpaired) electrons. The smallest absolute Gasteiger partial charge is 0.306 e. The normalized spacial score (nSPS) is 12.1. The van der Waals surface area contributed by atoms with Crippen molar-refractivity contribution in [2.75, 3.05) is 13.2 Å². The van der Waals surface area contributed by atoms with Gasteiger partial charge in [0, 0.05) is 19.3 Å². The second-order valence-electron chi connectivity index (χ2n) is 17.4. The zero-order chi connectivity index (χ0) is 43.0. The van der Waals surface area contributed by atoms with E-state index in [-0.39, 0.29) is 31.1 Å². The number of esters is 3. The number of carbonyl (C=O) groups is 3. The molecule has 0 aromatic heterocycles. The highest BCUT2D eigenvalue weighted by Crippen LogP contribution is 2.16. The van der Waals surface area contributed by atoms with Gasteiger partial charge in [-0.15, -0.1) is 0 Å². The summed E-state index contributed by atoms with van der Waals surface area (Å²) in [6, 6.07) is 0. The highest BCUT2D eigenvalue weighted by Gasteiger charge is 2.19. The molecule has 0 aliphatic heterocycles. The van der Waals surface area contributed by atoms with Gasteiger partial charge >= 0.3 is 17.9 Å². The Morgan fingerprint density at radius 1 is 0.339 bits per heavy atom. The van der Waals surface area contributed by atoms with Crippen LogP contribution in [0, 0.1) is 0 Å². The largest absolute Gasteiger partial charge is 0.462 e. The maximum absolute atomic E-state index is 12.8. The molecule has 0 heterocycles. The topological polar surface area (TPSA) is 78.9 Å². The van der Waals surface area contributed by atoms with E-state index in [2.05, 4.69) is 45.1 Å². The van der Waals surface area contributed by atoms with Gasteiger partial charge in [-0.25, -0.2) is 0 Å². The lowest BCUT2D eigenvalue weighted by Gasteiger charge is -2.18. The Labute approximate surface area is 366 Å². The molecule has 6 nitrogen and oxygen atoms in total. The summed E-state index contributed by atoms with van der Waals surface area (Å²) in [4.78, 5) is 37.9. The van der Waals surface area contributed by atoms with E-state index >= 15 is 0 Å². The van der Waals surface area contributed by atoms with Crippen LogP contribution in [0.15, 0.2) is 24.3 Å². The van der Waals surface area contributed by atoms with Crippen LogP contribution in [0.4, 0.5) is 0 Å². The molecule has 1 atom stereocenters. The summed E-state index contributed by atoms with van der Waals surface area (Å²) >= 11 is 0. The van der Waals surface area contributed by atoms with Gasteiger partial charge in [0.05, 0.1) is 0 Å². The van der Waals surface area contributed by atoms with E-state index in [1.54, 1.807) is 0 Å². The third kappa shape index (κ3) is 46.8. The first-order chi connectivity index (χ1) is 29.0. The van der Waals surface area contributed by atoms with Gasteiger partial charge in [0.2, 0.25) is 0 Å². The first-order valence-corrected chi connectivity index (χ1v) is 25.8. The molecule has 0 bridgehead atoms. The second-order valence-corrected chi connectivity index (χ2v) is 17.4. The van der Waals surface area contributed by atoms with Crippen LogP contribution in [-0.2, 0) is 28.6 Å². The van der Waals surface area contributed by atoms with Gasteiger partial charge in [0.15, 0.2) is 6.10 Å². The number of carbonyl (C=O) groups excluding carboxylic acids is 3. The molecule has 0 rings (SSSR count). The molecular weight excluding hydrogens is 733 g/mol. The average molecular weight is 831 g/mol. The summed E-state index contributed by atoms with van der Waals surface area (Å²) in [5.74, 6) is -0.871.